The molecule has 0 aromatic rings. The van der Waals surface area contributed by atoms with Crippen molar-refractivity contribution < 1.29 is 33.8 Å². The predicted octanol–water partition coefficient (Wildman–Crippen LogP) is 0.812. The van der Waals surface area contributed by atoms with Crippen molar-refractivity contribution in [3.05, 3.63) is 0 Å². The zero-order valence-corrected chi connectivity index (χ0v) is 17.1. The van der Waals surface area contributed by atoms with Crippen molar-refractivity contribution in [3.63, 3.8) is 0 Å². The van der Waals surface area contributed by atoms with Crippen LogP contribution < -0.4 is 5.32 Å². The number of carbonyl (C=O) groups excluding carboxylic acids is 3. The van der Waals surface area contributed by atoms with Crippen LogP contribution in [0.4, 0.5) is 0 Å². The molecule has 1 aliphatic carbocycles. The van der Waals surface area contributed by atoms with E-state index in [0.717, 1.165) is 25.7 Å². The summed E-state index contributed by atoms with van der Waals surface area (Å²) in [6.07, 6.45) is 4.29. The number of carboxylic acids is 1. The van der Waals surface area contributed by atoms with Gasteiger partial charge in [-0.2, -0.15) is 0 Å². The van der Waals surface area contributed by atoms with E-state index in [2.05, 4.69) is 5.32 Å². The predicted molar refractivity (Wildman–Crippen MR) is 103 cm³/mol. The summed E-state index contributed by atoms with van der Waals surface area (Å²) >= 11 is 0. The van der Waals surface area contributed by atoms with Gasteiger partial charge in [0.1, 0.15) is 0 Å². The van der Waals surface area contributed by atoms with Crippen LogP contribution in [-0.4, -0.2) is 73.2 Å². The highest BCUT2D eigenvalue weighted by Gasteiger charge is 2.48. The highest BCUT2D eigenvalue weighted by atomic mass is 16.5. The molecule has 2 unspecified atom stereocenters. The summed E-state index contributed by atoms with van der Waals surface area (Å²) < 4.78 is 10.4. The Morgan fingerprint density at radius 3 is 2.34 bits per heavy atom. The standard InChI is InChI=1S/C20H32N2O7/c1-14-18(15-4-2-3-5-15)20(27)22(19(14)26)9-6-16(23)21-8-11-29-13-12-28-10-7-17(24)25/h14-15,18H,2-13H2,1H3,(H,21,23)(H,24,25). The Kier molecular flexibility index (Phi) is 9.53. The SMILES string of the molecule is CC1C(=O)N(CCC(=O)NCCOCCOCCC(=O)O)C(=O)C1C1CCCC1. The van der Waals surface area contributed by atoms with E-state index in [4.69, 9.17) is 14.6 Å². The molecular formula is C20H32N2O7. The summed E-state index contributed by atoms with van der Waals surface area (Å²) in [7, 11) is 0. The van der Waals surface area contributed by atoms with Crippen LogP contribution in [0.1, 0.15) is 45.4 Å². The Morgan fingerprint density at radius 2 is 1.69 bits per heavy atom. The maximum absolute atomic E-state index is 12.7. The Hall–Kier alpha value is -2.00. The Bertz CT molecular complexity index is 589. The number of hydrogen-bond donors (Lipinski definition) is 2. The largest absolute Gasteiger partial charge is 0.481 e. The fraction of sp³-hybridized carbons (Fsp3) is 0.800. The van der Waals surface area contributed by atoms with E-state index in [1.165, 1.54) is 4.90 Å². The monoisotopic (exact) mass is 412 g/mol. The van der Waals surface area contributed by atoms with Gasteiger partial charge >= 0.3 is 5.97 Å². The molecule has 0 bridgehead atoms. The van der Waals surface area contributed by atoms with E-state index < -0.39 is 5.97 Å². The lowest BCUT2D eigenvalue weighted by Gasteiger charge is -2.19. The third-order valence-electron chi connectivity index (χ3n) is 5.62. The molecule has 2 fully saturated rings. The zero-order chi connectivity index (χ0) is 21.2. The second-order valence-corrected chi connectivity index (χ2v) is 7.66. The smallest absolute Gasteiger partial charge is 0.305 e. The quantitative estimate of drug-likeness (QED) is 0.339. The highest BCUT2D eigenvalue weighted by molar-refractivity contribution is 6.05. The molecule has 9 nitrogen and oxygen atoms in total. The summed E-state index contributed by atoms with van der Waals surface area (Å²) in [5.74, 6) is -1.64. The topological polar surface area (TPSA) is 122 Å². The van der Waals surface area contributed by atoms with Gasteiger partial charge in [-0.15, -0.1) is 0 Å². The molecule has 1 aliphatic heterocycles. The number of aliphatic carboxylic acids is 1. The number of nitrogens with one attached hydrogen (secondary N) is 1. The van der Waals surface area contributed by atoms with Crippen LogP contribution in [-0.2, 0) is 28.7 Å². The molecule has 164 valence electrons. The number of rotatable bonds is 13. The van der Waals surface area contributed by atoms with Gasteiger partial charge in [-0.25, -0.2) is 0 Å². The lowest BCUT2D eigenvalue weighted by molar-refractivity contribution is -0.141. The van der Waals surface area contributed by atoms with Gasteiger partial charge < -0.3 is 19.9 Å². The normalized spacial score (nSPS) is 22.4. The number of carbonyl (C=O) groups is 4. The molecule has 1 heterocycles. The lowest BCUT2D eigenvalue weighted by Crippen LogP contribution is -2.36. The van der Waals surface area contributed by atoms with Crippen LogP contribution in [0.2, 0.25) is 0 Å². The van der Waals surface area contributed by atoms with E-state index in [-0.39, 0.29) is 55.6 Å². The van der Waals surface area contributed by atoms with Crippen molar-refractivity contribution >= 4 is 23.7 Å². The molecular weight excluding hydrogens is 380 g/mol. The fourth-order valence-corrected chi connectivity index (χ4v) is 4.09. The second kappa shape index (κ2) is 11.9. The lowest BCUT2D eigenvalue weighted by atomic mass is 9.83. The maximum atomic E-state index is 12.7. The molecule has 0 aromatic carbocycles. The van der Waals surface area contributed by atoms with Gasteiger partial charge in [-0.3, -0.25) is 24.1 Å². The molecule has 2 atom stereocenters. The first-order valence-corrected chi connectivity index (χ1v) is 10.4. The van der Waals surface area contributed by atoms with Crippen LogP contribution in [0, 0.1) is 17.8 Å². The zero-order valence-electron chi connectivity index (χ0n) is 17.1. The maximum Gasteiger partial charge on any atom is 0.305 e. The number of imide groups is 1. The van der Waals surface area contributed by atoms with E-state index in [1.54, 1.807) is 0 Å². The van der Waals surface area contributed by atoms with E-state index in [1.807, 2.05) is 6.92 Å². The minimum Gasteiger partial charge on any atom is -0.481 e. The van der Waals surface area contributed by atoms with Crippen LogP contribution in [0.5, 0.6) is 0 Å². The number of nitrogens with zero attached hydrogens (tertiary/aromatic N) is 1. The van der Waals surface area contributed by atoms with Crippen LogP contribution in [0.15, 0.2) is 0 Å². The number of carboxylic acid groups (broad SMARTS) is 1. The summed E-state index contributed by atoms with van der Waals surface area (Å²) in [5.41, 5.74) is 0. The first kappa shape index (κ1) is 23.3. The van der Waals surface area contributed by atoms with Crippen molar-refractivity contribution in [1.82, 2.24) is 10.2 Å². The summed E-state index contributed by atoms with van der Waals surface area (Å²) in [5, 5.41) is 11.2. The van der Waals surface area contributed by atoms with Crippen molar-refractivity contribution in [3.8, 4) is 0 Å². The molecule has 0 aromatic heterocycles. The van der Waals surface area contributed by atoms with Gasteiger partial charge in [0, 0.05) is 25.4 Å². The third-order valence-corrected chi connectivity index (χ3v) is 5.62. The average molecular weight is 412 g/mol. The van der Waals surface area contributed by atoms with Crippen molar-refractivity contribution in [1.29, 1.82) is 0 Å². The highest BCUT2D eigenvalue weighted by Crippen LogP contribution is 2.40. The van der Waals surface area contributed by atoms with Gasteiger partial charge in [0.25, 0.3) is 0 Å². The molecule has 29 heavy (non-hydrogen) atoms. The molecule has 1 saturated heterocycles. The van der Waals surface area contributed by atoms with E-state index in [0.29, 0.717) is 32.3 Å². The molecule has 2 aliphatic rings. The van der Waals surface area contributed by atoms with Crippen LogP contribution in [0.3, 0.4) is 0 Å². The van der Waals surface area contributed by atoms with Crippen molar-refractivity contribution in [2.45, 2.75) is 45.4 Å². The van der Waals surface area contributed by atoms with E-state index >= 15 is 0 Å². The third kappa shape index (κ3) is 7.08. The molecule has 2 rings (SSSR count). The Labute approximate surface area is 171 Å². The molecule has 3 amide bonds. The summed E-state index contributed by atoms with van der Waals surface area (Å²) in [6.45, 7) is 3.31. The average Bonchev–Trinajstić information content (AvgIpc) is 3.26. The van der Waals surface area contributed by atoms with Crippen molar-refractivity contribution in [2.75, 3.05) is 39.5 Å². The first-order valence-electron chi connectivity index (χ1n) is 10.4. The molecule has 0 radical (unpaired) electrons. The van der Waals surface area contributed by atoms with Gasteiger partial charge in [0.05, 0.1) is 38.8 Å². The summed E-state index contributed by atoms with van der Waals surface area (Å²) in [6, 6.07) is 0. The second-order valence-electron chi connectivity index (χ2n) is 7.66. The van der Waals surface area contributed by atoms with Crippen LogP contribution in [0.25, 0.3) is 0 Å². The van der Waals surface area contributed by atoms with Gasteiger partial charge in [0.2, 0.25) is 17.7 Å². The van der Waals surface area contributed by atoms with Crippen molar-refractivity contribution in [2.24, 2.45) is 17.8 Å². The minimum absolute atomic E-state index is 0.0434. The number of ether oxygens (including phenoxy) is 2. The minimum atomic E-state index is -0.908. The molecule has 9 heteroatoms. The van der Waals surface area contributed by atoms with Gasteiger partial charge in [0.15, 0.2) is 0 Å². The van der Waals surface area contributed by atoms with Gasteiger partial charge in [-0.1, -0.05) is 19.8 Å². The fourth-order valence-electron chi connectivity index (χ4n) is 4.09. The van der Waals surface area contributed by atoms with Gasteiger partial charge in [-0.05, 0) is 18.8 Å². The number of hydrogen-bond acceptors (Lipinski definition) is 6. The molecule has 0 spiro atoms. The van der Waals surface area contributed by atoms with E-state index in [9.17, 15) is 19.2 Å². The number of amides is 3. The summed E-state index contributed by atoms with van der Waals surface area (Å²) in [4.78, 5) is 48.7. The first-order chi connectivity index (χ1) is 13.9. The molecule has 1 saturated carbocycles. The Morgan fingerprint density at radius 1 is 1.03 bits per heavy atom. The number of likely N-dealkylation sites (tertiary alicyclic amines) is 1. The van der Waals surface area contributed by atoms with Crippen LogP contribution >= 0.6 is 0 Å². The Balaban J connectivity index is 1.57. The molecule has 2 N–H and O–H groups in total.